The minimum absolute atomic E-state index is 0.0676. The number of benzene rings is 1. The minimum atomic E-state index is -0.257. The summed E-state index contributed by atoms with van der Waals surface area (Å²) in [6.07, 6.45) is 1.48. The van der Waals surface area contributed by atoms with Crippen LogP contribution in [0.1, 0.15) is 0 Å². The van der Waals surface area contributed by atoms with Gasteiger partial charge in [-0.2, -0.15) is 0 Å². The lowest BCUT2D eigenvalue weighted by Crippen LogP contribution is -2.19. The van der Waals surface area contributed by atoms with Crippen LogP contribution in [0.3, 0.4) is 0 Å². The molecule has 0 bridgehead atoms. The van der Waals surface area contributed by atoms with E-state index in [1.165, 1.54) is 6.20 Å². The van der Waals surface area contributed by atoms with Crippen molar-refractivity contribution in [2.75, 3.05) is 17.7 Å². The van der Waals surface area contributed by atoms with Gasteiger partial charge < -0.3 is 15.8 Å². The monoisotopic (exact) mass is 250 g/mol. The largest absolute Gasteiger partial charge is 0.484 e. The van der Waals surface area contributed by atoms with Crippen molar-refractivity contribution in [2.24, 2.45) is 0 Å². The maximum absolute atomic E-state index is 11.4. The fourth-order valence-corrected chi connectivity index (χ4v) is 1.54. The highest BCUT2D eigenvalue weighted by Gasteiger charge is 2.04. The van der Waals surface area contributed by atoms with Crippen molar-refractivity contribution in [3.05, 3.63) is 30.5 Å². The molecule has 0 atom stereocenters. The van der Waals surface area contributed by atoms with Crippen molar-refractivity contribution in [1.29, 1.82) is 0 Å². The highest BCUT2D eigenvalue weighted by molar-refractivity contribution is 7.10. The van der Waals surface area contributed by atoms with Gasteiger partial charge in [-0.25, -0.2) is 0 Å². The summed E-state index contributed by atoms with van der Waals surface area (Å²) in [5.41, 5.74) is 6.18. The summed E-state index contributed by atoms with van der Waals surface area (Å²) in [6.45, 7) is -0.0676. The highest BCUT2D eigenvalue weighted by Crippen LogP contribution is 2.13. The quantitative estimate of drug-likeness (QED) is 0.794. The Morgan fingerprint density at radius 3 is 2.82 bits per heavy atom. The number of carbonyl (C=O) groups excluding carboxylic acids is 1. The van der Waals surface area contributed by atoms with Crippen molar-refractivity contribution < 1.29 is 9.53 Å². The Morgan fingerprint density at radius 1 is 1.41 bits per heavy atom. The first-order chi connectivity index (χ1) is 8.24. The molecule has 1 aromatic heterocycles. The number of ether oxygens (including phenoxy) is 1. The van der Waals surface area contributed by atoms with Gasteiger partial charge in [0.05, 0.1) is 6.20 Å². The van der Waals surface area contributed by atoms with Gasteiger partial charge in [0.25, 0.3) is 5.91 Å². The summed E-state index contributed by atoms with van der Waals surface area (Å²) in [7, 11) is 0. The van der Waals surface area contributed by atoms with Crippen LogP contribution in [0.4, 0.5) is 10.7 Å². The van der Waals surface area contributed by atoms with Gasteiger partial charge in [-0.1, -0.05) is 4.49 Å². The number of nitrogens with two attached hydrogens (primary N) is 1. The number of hydrogen-bond donors (Lipinski definition) is 2. The average molecular weight is 250 g/mol. The average Bonchev–Trinajstić information content (AvgIpc) is 2.81. The van der Waals surface area contributed by atoms with Gasteiger partial charge in [0, 0.05) is 17.2 Å². The van der Waals surface area contributed by atoms with Crippen molar-refractivity contribution in [2.45, 2.75) is 0 Å². The second-order valence-electron chi connectivity index (χ2n) is 3.19. The van der Waals surface area contributed by atoms with Crippen LogP contribution in [0.5, 0.6) is 5.75 Å². The molecule has 0 aliphatic rings. The Kier molecular flexibility index (Phi) is 3.51. The third-order valence-corrected chi connectivity index (χ3v) is 2.45. The predicted molar refractivity (Wildman–Crippen MR) is 64.9 cm³/mol. The molecule has 1 heterocycles. The molecule has 0 radical (unpaired) electrons. The van der Waals surface area contributed by atoms with Crippen LogP contribution in [0.15, 0.2) is 30.5 Å². The van der Waals surface area contributed by atoms with Gasteiger partial charge in [0.15, 0.2) is 6.61 Å². The van der Waals surface area contributed by atoms with Crippen LogP contribution in [0.2, 0.25) is 0 Å². The Labute approximate surface area is 102 Å². The van der Waals surface area contributed by atoms with Crippen LogP contribution in [0, 0.1) is 0 Å². The first-order valence-corrected chi connectivity index (χ1v) is 5.57. The number of nitrogens with one attached hydrogen (secondary N) is 1. The molecular formula is C10H10N4O2S. The van der Waals surface area contributed by atoms with E-state index in [9.17, 15) is 4.79 Å². The Hall–Kier alpha value is -2.15. The summed E-state index contributed by atoms with van der Waals surface area (Å²) >= 11 is 1.11. The molecule has 1 amide bonds. The molecule has 0 unspecified atom stereocenters. The summed E-state index contributed by atoms with van der Waals surface area (Å²) < 4.78 is 8.89. The van der Waals surface area contributed by atoms with E-state index in [0.29, 0.717) is 16.4 Å². The Morgan fingerprint density at radius 2 is 2.18 bits per heavy atom. The van der Waals surface area contributed by atoms with Crippen molar-refractivity contribution >= 4 is 28.1 Å². The van der Waals surface area contributed by atoms with E-state index in [-0.39, 0.29) is 12.5 Å². The van der Waals surface area contributed by atoms with Gasteiger partial charge in [0.1, 0.15) is 10.8 Å². The fraction of sp³-hybridized carbons (Fsp3) is 0.100. The van der Waals surface area contributed by atoms with Crippen LogP contribution >= 0.6 is 11.5 Å². The molecule has 0 saturated carbocycles. The lowest BCUT2D eigenvalue weighted by atomic mass is 10.3. The van der Waals surface area contributed by atoms with Crippen LogP contribution in [0.25, 0.3) is 0 Å². The number of hydrogen-bond acceptors (Lipinski definition) is 6. The minimum Gasteiger partial charge on any atom is -0.484 e. The van der Waals surface area contributed by atoms with E-state index in [4.69, 9.17) is 10.5 Å². The molecule has 6 nitrogen and oxygen atoms in total. The normalized spacial score (nSPS) is 9.88. The Balaban J connectivity index is 1.82. The molecule has 0 saturated heterocycles. The summed E-state index contributed by atoms with van der Waals surface area (Å²) in [5.74, 6) is 0.338. The number of aromatic nitrogens is 2. The SMILES string of the molecule is Nc1ccc(OCC(=O)Nc2cnns2)cc1. The standard InChI is InChI=1S/C10H10N4O2S/c11-7-1-3-8(4-2-7)16-6-9(15)13-10-5-12-14-17-10/h1-5H,6,11H2,(H,13,15). The second kappa shape index (κ2) is 5.26. The maximum Gasteiger partial charge on any atom is 0.262 e. The molecular weight excluding hydrogens is 240 g/mol. The number of amides is 1. The van der Waals surface area contributed by atoms with Crippen molar-refractivity contribution in [1.82, 2.24) is 9.59 Å². The second-order valence-corrected chi connectivity index (χ2v) is 3.97. The third kappa shape index (κ3) is 3.42. The predicted octanol–water partition coefficient (Wildman–Crippen LogP) is 1.14. The zero-order valence-corrected chi connectivity index (χ0v) is 9.61. The molecule has 0 fully saturated rings. The molecule has 1 aromatic carbocycles. The van der Waals surface area contributed by atoms with E-state index >= 15 is 0 Å². The molecule has 0 aliphatic heterocycles. The van der Waals surface area contributed by atoms with E-state index in [0.717, 1.165) is 11.5 Å². The summed E-state index contributed by atoms with van der Waals surface area (Å²) in [6, 6.07) is 6.83. The van der Waals surface area contributed by atoms with Gasteiger partial charge in [-0.3, -0.25) is 4.79 Å². The summed E-state index contributed by atoms with van der Waals surface area (Å²) in [5, 5.41) is 6.80. The van der Waals surface area contributed by atoms with Gasteiger partial charge in [-0.05, 0) is 24.3 Å². The topological polar surface area (TPSA) is 90.1 Å². The van der Waals surface area contributed by atoms with E-state index in [2.05, 4.69) is 14.9 Å². The van der Waals surface area contributed by atoms with Crippen molar-refractivity contribution in [3.8, 4) is 5.75 Å². The molecule has 7 heteroatoms. The number of anilines is 2. The van der Waals surface area contributed by atoms with Crippen LogP contribution in [-0.2, 0) is 4.79 Å². The van der Waals surface area contributed by atoms with Crippen LogP contribution < -0.4 is 15.8 Å². The van der Waals surface area contributed by atoms with Gasteiger partial charge in [-0.15, -0.1) is 5.10 Å². The third-order valence-electron chi connectivity index (χ3n) is 1.87. The molecule has 88 valence electrons. The number of nitrogen functional groups attached to an aromatic ring is 1. The zero-order chi connectivity index (χ0) is 12.1. The van der Waals surface area contributed by atoms with Crippen LogP contribution in [-0.4, -0.2) is 22.1 Å². The zero-order valence-electron chi connectivity index (χ0n) is 8.79. The van der Waals surface area contributed by atoms with E-state index in [1.54, 1.807) is 24.3 Å². The van der Waals surface area contributed by atoms with E-state index in [1.807, 2.05) is 0 Å². The molecule has 0 aliphatic carbocycles. The lowest BCUT2D eigenvalue weighted by Gasteiger charge is -2.05. The van der Waals surface area contributed by atoms with Crippen molar-refractivity contribution in [3.63, 3.8) is 0 Å². The molecule has 2 aromatic rings. The fourth-order valence-electron chi connectivity index (χ4n) is 1.11. The summed E-state index contributed by atoms with van der Waals surface area (Å²) in [4.78, 5) is 11.4. The number of rotatable bonds is 4. The maximum atomic E-state index is 11.4. The smallest absolute Gasteiger partial charge is 0.262 e. The lowest BCUT2D eigenvalue weighted by molar-refractivity contribution is -0.118. The number of nitrogens with zero attached hydrogens (tertiary/aromatic N) is 2. The molecule has 3 N–H and O–H groups in total. The number of carbonyl (C=O) groups is 1. The van der Waals surface area contributed by atoms with E-state index < -0.39 is 0 Å². The molecule has 2 rings (SSSR count). The highest BCUT2D eigenvalue weighted by atomic mass is 32.1. The Bertz CT molecular complexity index is 484. The first kappa shape index (κ1) is 11.3. The molecule has 17 heavy (non-hydrogen) atoms. The molecule has 0 spiro atoms. The van der Waals surface area contributed by atoms with Gasteiger partial charge >= 0.3 is 0 Å². The van der Waals surface area contributed by atoms with Gasteiger partial charge in [0.2, 0.25) is 0 Å². The first-order valence-electron chi connectivity index (χ1n) is 4.79.